The minimum atomic E-state index is -0.447. The lowest BCUT2D eigenvalue weighted by molar-refractivity contribution is -0.113. The molecule has 0 spiro atoms. The van der Waals surface area contributed by atoms with E-state index in [9.17, 15) is 10.2 Å². The van der Waals surface area contributed by atoms with E-state index in [0.29, 0.717) is 19.4 Å². The van der Waals surface area contributed by atoms with Crippen LogP contribution in [0, 0.1) is 6.92 Å². The van der Waals surface area contributed by atoms with Gasteiger partial charge in [0.1, 0.15) is 12.2 Å². The Kier molecular flexibility index (Phi) is 5.56. The lowest BCUT2D eigenvalue weighted by Gasteiger charge is -2.33. The maximum Gasteiger partial charge on any atom is 0.162 e. The fourth-order valence-corrected chi connectivity index (χ4v) is 4.06. The molecule has 2 N–H and O–H groups in total. The lowest BCUT2D eigenvalue weighted by atomic mass is 9.92. The summed E-state index contributed by atoms with van der Waals surface area (Å²) in [7, 11) is 0. The monoisotopic (exact) mass is 398 g/mol. The summed E-state index contributed by atoms with van der Waals surface area (Å²) < 4.78 is 17.9. The molecule has 0 aliphatic carbocycles. The van der Waals surface area contributed by atoms with Crippen LogP contribution in [-0.4, -0.2) is 41.2 Å². The first-order valence-electron chi connectivity index (χ1n) is 10.3. The van der Waals surface area contributed by atoms with Crippen LogP contribution in [0.4, 0.5) is 0 Å². The maximum atomic E-state index is 10.1. The molecule has 2 aromatic rings. The average molecular weight is 398 g/mol. The van der Waals surface area contributed by atoms with Gasteiger partial charge in [-0.05, 0) is 61.6 Å². The Bertz CT molecular complexity index is 876. The molecule has 3 atom stereocenters. The van der Waals surface area contributed by atoms with Crippen molar-refractivity contribution >= 4 is 0 Å². The highest BCUT2D eigenvalue weighted by Crippen LogP contribution is 2.37. The van der Waals surface area contributed by atoms with E-state index in [0.717, 1.165) is 29.0 Å². The Morgan fingerprint density at radius 3 is 2.69 bits per heavy atom. The number of hydrogen-bond donors (Lipinski definition) is 2. The maximum absolute atomic E-state index is 10.1. The first kappa shape index (κ1) is 20.2. The highest BCUT2D eigenvalue weighted by atomic mass is 16.6. The van der Waals surface area contributed by atoms with Gasteiger partial charge in [-0.25, -0.2) is 0 Å². The smallest absolute Gasteiger partial charge is 0.162 e. The van der Waals surface area contributed by atoms with Crippen LogP contribution in [0.15, 0.2) is 36.4 Å². The molecule has 1 fully saturated rings. The van der Waals surface area contributed by atoms with Gasteiger partial charge in [0.05, 0.1) is 24.9 Å². The van der Waals surface area contributed by atoms with Crippen molar-refractivity contribution in [3.05, 3.63) is 58.7 Å². The van der Waals surface area contributed by atoms with E-state index >= 15 is 0 Å². The van der Waals surface area contributed by atoms with Gasteiger partial charge in [-0.3, -0.25) is 0 Å². The van der Waals surface area contributed by atoms with E-state index in [-0.39, 0.29) is 24.4 Å². The van der Waals surface area contributed by atoms with Crippen LogP contribution in [0.1, 0.15) is 55.0 Å². The van der Waals surface area contributed by atoms with Gasteiger partial charge in [0.25, 0.3) is 0 Å². The second-order valence-corrected chi connectivity index (χ2v) is 8.85. The molecule has 0 bridgehead atoms. The van der Waals surface area contributed by atoms with Crippen LogP contribution in [0.5, 0.6) is 11.5 Å². The molecular weight excluding hydrogens is 368 g/mol. The van der Waals surface area contributed by atoms with Crippen molar-refractivity contribution in [3.8, 4) is 11.5 Å². The minimum Gasteiger partial charge on any atom is -0.486 e. The Balaban J connectivity index is 1.54. The van der Waals surface area contributed by atoms with Gasteiger partial charge in [-0.2, -0.15) is 0 Å². The summed E-state index contributed by atoms with van der Waals surface area (Å²) in [5.74, 6) is 1.58. The molecule has 0 saturated carbocycles. The highest BCUT2D eigenvalue weighted by Gasteiger charge is 2.30. The summed E-state index contributed by atoms with van der Waals surface area (Å²) in [6.45, 7) is 6.60. The summed E-state index contributed by atoms with van der Waals surface area (Å²) in [4.78, 5) is 0. The number of rotatable bonds is 4. The van der Waals surface area contributed by atoms with E-state index in [1.165, 1.54) is 11.1 Å². The van der Waals surface area contributed by atoms with Gasteiger partial charge >= 0.3 is 0 Å². The van der Waals surface area contributed by atoms with E-state index in [1.54, 1.807) is 0 Å². The number of ether oxygens (including phenoxy) is 3. The molecule has 5 nitrogen and oxygen atoms in total. The minimum absolute atomic E-state index is 0.0692. The molecule has 156 valence electrons. The Morgan fingerprint density at radius 1 is 1.07 bits per heavy atom. The van der Waals surface area contributed by atoms with Crippen molar-refractivity contribution in [2.45, 2.75) is 63.9 Å². The predicted molar refractivity (Wildman–Crippen MR) is 111 cm³/mol. The van der Waals surface area contributed by atoms with Crippen LogP contribution in [0.2, 0.25) is 0 Å². The molecule has 2 aliphatic heterocycles. The van der Waals surface area contributed by atoms with Crippen LogP contribution in [-0.2, 0) is 11.2 Å². The van der Waals surface area contributed by atoms with Crippen molar-refractivity contribution in [3.63, 3.8) is 0 Å². The van der Waals surface area contributed by atoms with Crippen molar-refractivity contribution < 1.29 is 24.4 Å². The number of hydrogen-bond acceptors (Lipinski definition) is 5. The van der Waals surface area contributed by atoms with Gasteiger partial charge in [-0.1, -0.05) is 24.3 Å². The number of aliphatic hydroxyl groups excluding tert-OH is 2. The standard InChI is InChI=1S/C24H30O5/c1-15-4-6-17(22-12-19(26)11-20(13-25)28-22)10-18(15)8-16-5-7-21-23(9-16)27-14-24(2,3)29-21/h4-7,9-10,19-20,22,25-26H,8,11-14H2,1-3H3. The van der Waals surface area contributed by atoms with Crippen LogP contribution >= 0.6 is 0 Å². The van der Waals surface area contributed by atoms with Gasteiger partial charge in [0.2, 0.25) is 0 Å². The third-order valence-electron chi connectivity index (χ3n) is 5.69. The summed E-state index contributed by atoms with van der Waals surface area (Å²) in [5.41, 5.74) is 4.31. The van der Waals surface area contributed by atoms with Gasteiger partial charge < -0.3 is 24.4 Å². The number of benzene rings is 2. The Hall–Kier alpha value is -2.08. The fourth-order valence-electron chi connectivity index (χ4n) is 4.06. The third kappa shape index (κ3) is 4.58. The molecule has 2 aromatic carbocycles. The van der Waals surface area contributed by atoms with Crippen LogP contribution in [0.3, 0.4) is 0 Å². The van der Waals surface area contributed by atoms with E-state index in [2.05, 4.69) is 37.3 Å². The average Bonchev–Trinajstić information content (AvgIpc) is 2.68. The molecule has 0 radical (unpaired) electrons. The van der Waals surface area contributed by atoms with Gasteiger partial charge in [0.15, 0.2) is 11.5 Å². The number of fused-ring (bicyclic) bond motifs is 1. The van der Waals surface area contributed by atoms with E-state index in [1.807, 2.05) is 19.9 Å². The van der Waals surface area contributed by atoms with Gasteiger partial charge in [-0.15, -0.1) is 0 Å². The zero-order chi connectivity index (χ0) is 20.6. The summed E-state index contributed by atoms with van der Waals surface area (Å²) >= 11 is 0. The van der Waals surface area contributed by atoms with Crippen LogP contribution in [0.25, 0.3) is 0 Å². The van der Waals surface area contributed by atoms with E-state index < -0.39 is 6.10 Å². The quantitative estimate of drug-likeness (QED) is 0.822. The number of aliphatic hydroxyl groups is 2. The van der Waals surface area contributed by atoms with Crippen LogP contribution < -0.4 is 9.47 Å². The predicted octanol–water partition coefficient (Wildman–Crippen LogP) is 3.71. The van der Waals surface area contributed by atoms with Crippen molar-refractivity contribution in [1.29, 1.82) is 0 Å². The Labute approximate surface area is 172 Å². The zero-order valence-corrected chi connectivity index (χ0v) is 17.4. The third-order valence-corrected chi connectivity index (χ3v) is 5.69. The molecule has 1 saturated heterocycles. The largest absolute Gasteiger partial charge is 0.486 e. The van der Waals surface area contributed by atoms with Crippen molar-refractivity contribution in [2.75, 3.05) is 13.2 Å². The Morgan fingerprint density at radius 2 is 1.90 bits per heavy atom. The second-order valence-electron chi connectivity index (χ2n) is 8.85. The molecule has 0 amide bonds. The molecule has 2 aliphatic rings. The molecule has 0 aromatic heterocycles. The lowest BCUT2D eigenvalue weighted by Crippen LogP contribution is -2.38. The molecule has 29 heavy (non-hydrogen) atoms. The first-order chi connectivity index (χ1) is 13.8. The van der Waals surface area contributed by atoms with Crippen molar-refractivity contribution in [2.24, 2.45) is 0 Å². The zero-order valence-electron chi connectivity index (χ0n) is 17.4. The topological polar surface area (TPSA) is 68.2 Å². The first-order valence-corrected chi connectivity index (χ1v) is 10.3. The SMILES string of the molecule is Cc1ccc(C2CC(O)CC(CO)O2)cc1Cc1ccc2c(c1)OCC(C)(C)O2. The molecule has 2 heterocycles. The highest BCUT2D eigenvalue weighted by molar-refractivity contribution is 5.46. The summed E-state index contributed by atoms with van der Waals surface area (Å²) in [5, 5.41) is 19.6. The molecule has 3 unspecified atom stereocenters. The fraction of sp³-hybridized carbons (Fsp3) is 0.500. The summed E-state index contributed by atoms with van der Waals surface area (Å²) in [6.07, 6.45) is 0.864. The summed E-state index contributed by atoms with van der Waals surface area (Å²) in [6, 6.07) is 12.4. The van der Waals surface area contributed by atoms with E-state index in [4.69, 9.17) is 14.2 Å². The number of aryl methyl sites for hydroxylation is 1. The molecule has 4 rings (SSSR count). The van der Waals surface area contributed by atoms with Crippen molar-refractivity contribution in [1.82, 2.24) is 0 Å². The van der Waals surface area contributed by atoms with Gasteiger partial charge in [0, 0.05) is 12.8 Å². The molecular formula is C24H30O5. The second kappa shape index (κ2) is 7.98. The normalized spacial score (nSPS) is 25.6. The molecule has 5 heteroatoms.